The van der Waals surface area contributed by atoms with Crippen LogP contribution in [0.2, 0.25) is 0 Å². The van der Waals surface area contributed by atoms with Crippen molar-refractivity contribution in [2.75, 3.05) is 0 Å². The minimum Gasteiger partial charge on any atom is -0.357 e. The van der Waals surface area contributed by atoms with Gasteiger partial charge in [-0.25, -0.2) is 0 Å². The zero-order valence-electron chi connectivity index (χ0n) is 13.4. The van der Waals surface area contributed by atoms with E-state index in [2.05, 4.69) is 19.9 Å². The molecule has 2 saturated carbocycles. The first-order valence-electron chi connectivity index (χ1n) is 8.78. The molecule has 0 aromatic heterocycles. The molecule has 2 fully saturated rings. The van der Waals surface area contributed by atoms with Gasteiger partial charge in [-0.2, -0.15) is 5.26 Å². The Morgan fingerprint density at radius 3 is 2.25 bits per heavy atom. The second kappa shape index (κ2) is 7.46. The van der Waals surface area contributed by atoms with Gasteiger partial charge >= 0.3 is 0 Å². The molecule has 0 radical (unpaired) electrons. The summed E-state index contributed by atoms with van der Waals surface area (Å²) in [5, 5.41) is 9.58. The van der Waals surface area contributed by atoms with Crippen LogP contribution in [0.15, 0.2) is 0 Å². The minimum absolute atomic E-state index is 0.228. The van der Waals surface area contributed by atoms with Gasteiger partial charge in [-0.05, 0) is 50.9 Å². The molecular formula is C18H31NO. The smallest absolute Gasteiger partial charge is 0.154 e. The van der Waals surface area contributed by atoms with Gasteiger partial charge in [0.2, 0.25) is 0 Å². The Balaban J connectivity index is 1.85. The van der Waals surface area contributed by atoms with E-state index < -0.39 is 5.60 Å². The van der Waals surface area contributed by atoms with Crippen molar-refractivity contribution in [1.29, 1.82) is 5.26 Å². The standard InChI is InChI=1S/C18H31NO/c1-3-7-15(2)20-18(14-19)12-10-17(11-13-18)16-8-5-4-6-9-16/h15-17H,3-13H2,1-2H3. The number of ether oxygens (including phenoxy) is 1. The molecule has 0 heterocycles. The quantitative estimate of drug-likeness (QED) is 0.689. The lowest BCUT2D eigenvalue weighted by Crippen LogP contribution is -2.40. The van der Waals surface area contributed by atoms with Crippen molar-refractivity contribution in [3.8, 4) is 6.07 Å². The molecule has 0 bridgehead atoms. The molecule has 0 aliphatic heterocycles. The molecule has 0 amide bonds. The number of hydrogen-bond donors (Lipinski definition) is 0. The first kappa shape index (κ1) is 15.8. The minimum atomic E-state index is -0.472. The number of nitriles is 1. The summed E-state index contributed by atoms with van der Waals surface area (Å²) in [5.74, 6) is 1.80. The summed E-state index contributed by atoms with van der Waals surface area (Å²) in [5.41, 5.74) is -0.472. The van der Waals surface area contributed by atoms with Crippen molar-refractivity contribution in [3.63, 3.8) is 0 Å². The normalized spacial score (nSPS) is 33.5. The lowest BCUT2D eigenvalue weighted by atomic mass is 9.70. The molecule has 0 aromatic rings. The molecule has 20 heavy (non-hydrogen) atoms. The molecule has 0 saturated heterocycles. The van der Waals surface area contributed by atoms with Crippen LogP contribution >= 0.6 is 0 Å². The van der Waals surface area contributed by atoms with Crippen LogP contribution in [0.25, 0.3) is 0 Å². The van der Waals surface area contributed by atoms with Gasteiger partial charge in [-0.15, -0.1) is 0 Å². The van der Waals surface area contributed by atoms with Gasteiger partial charge in [0, 0.05) is 0 Å². The zero-order valence-corrected chi connectivity index (χ0v) is 13.4. The fourth-order valence-electron chi connectivity index (χ4n) is 4.29. The van der Waals surface area contributed by atoms with Crippen LogP contribution in [-0.2, 0) is 4.74 Å². The summed E-state index contributed by atoms with van der Waals surface area (Å²) in [4.78, 5) is 0. The maximum absolute atomic E-state index is 9.58. The van der Waals surface area contributed by atoms with Crippen molar-refractivity contribution in [3.05, 3.63) is 0 Å². The van der Waals surface area contributed by atoms with Gasteiger partial charge in [0.15, 0.2) is 5.60 Å². The molecule has 2 aliphatic rings. The number of hydrogen-bond acceptors (Lipinski definition) is 2. The van der Waals surface area contributed by atoms with Crippen LogP contribution in [0.1, 0.15) is 84.5 Å². The molecule has 2 aliphatic carbocycles. The van der Waals surface area contributed by atoms with E-state index in [-0.39, 0.29) is 6.10 Å². The third-order valence-corrected chi connectivity index (χ3v) is 5.48. The highest BCUT2D eigenvalue weighted by molar-refractivity contribution is 5.05. The Morgan fingerprint density at radius 2 is 1.70 bits per heavy atom. The first-order chi connectivity index (χ1) is 9.69. The first-order valence-corrected chi connectivity index (χ1v) is 8.78. The largest absolute Gasteiger partial charge is 0.357 e. The molecule has 2 nitrogen and oxygen atoms in total. The van der Waals surface area contributed by atoms with Crippen molar-refractivity contribution in [1.82, 2.24) is 0 Å². The molecule has 0 N–H and O–H groups in total. The SMILES string of the molecule is CCCC(C)OC1(C#N)CCC(C2CCCCC2)CC1. The van der Waals surface area contributed by atoms with Gasteiger partial charge in [-0.1, -0.05) is 45.4 Å². The fraction of sp³-hybridized carbons (Fsp3) is 0.944. The highest BCUT2D eigenvalue weighted by Crippen LogP contribution is 2.42. The van der Waals surface area contributed by atoms with Gasteiger partial charge in [0.25, 0.3) is 0 Å². The molecule has 2 rings (SSSR count). The maximum Gasteiger partial charge on any atom is 0.154 e. The van der Waals surface area contributed by atoms with E-state index in [0.717, 1.165) is 37.5 Å². The lowest BCUT2D eigenvalue weighted by molar-refractivity contribution is -0.0837. The van der Waals surface area contributed by atoms with E-state index in [1.165, 1.54) is 44.9 Å². The molecule has 114 valence electrons. The monoisotopic (exact) mass is 277 g/mol. The third-order valence-electron chi connectivity index (χ3n) is 5.48. The average molecular weight is 277 g/mol. The highest BCUT2D eigenvalue weighted by Gasteiger charge is 2.39. The van der Waals surface area contributed by atoms with Gasteiger partial charge in [-0.3, -0.25) is 0 Å². The third kappa shape index (κ3) is 3.98. The Bertz CT molecular complexity index is 319. The molecule has 0 aromatic carbocycles. The average Bonchev–Trinajstić information content (AvgIpc) is 2.49. The van der Waals surface area contributed by atoms with Crippen LogP contribution in [0.3, 0.4) is 0 Å². The molecule has 2 heteroatoms. The predicted octanol–water partition coefficient (Wildman–Crippen LogP) is 5.22. The molecular weight excluding hydrogens is 246 g/mol. The zero-order chi connectivity index (χ0) is 14.4. The number of nitrogens with zero attached hydrogens (tertiary/aromatic N) is 1. The summed E-state index contributed by atoms with van der Waals surface area (Å²) < 4.78 is 6.14. The van der Waals surface area contributed by atoms with Gasteiger partial charge in [0.1, 0.15) is 0 Å². The van der Waals surface area contributed by atoms with Crippen LogP contribution in [0.4, 0.5) is 0 Å². The van der Waals surface area contributed by atoms with E-state index in [9.17, 15) is 5.26 Å². The van der Waals surface area contributed by atoms with E-state index in [4.69, 9.17) is 4.74 Å². The Labute approximate surface area is 124 Å². The Morgan fingerprint density at radius 1 is 1.10 bits per heavy atom. The van der Waals surface area contributed by atoms with Crippen LogP contribution in [-0.4, -0.2) is 11.7 Å². The van der Waals surface area contributed by atoms with E-state index >= 15 is 0 Å². The summed E-state index contributed by atoms with van der Waals surface area (Å²) in [7, 11) is 0. The van der Waals surface area contributed by atoms with E-state index in [1.54, 1.807) is 0 Å². The summed E-state index contributed by atoms with van der Waals surface area (Å²) in [6.45, 7) is 4.30. The summed E-state index contributed by atoms with van der Waals surface area (Å²) >= 11 is 0. The summed E-state index contributed by atoms with van der Waals surface area (Å²) in [6, 6.07) is 2.51. The van der Waals surface area contributed by atoms with Crippen molar-refractivity contribution in [2.45, 2.75) is 96.2 Å². The molecule has 1 unspecified atom stereocenters. The van der Waals surface area contributed by atoms with E-state index in [0.29, 0.717) is 0 Å². The van der Waals surface area contributed by atoms with Crippen LogP contribution in [0.5, 0.6) is 0 Å². The van der Waals surface area contributed by atoms with Crippen LogP contribution < -0.4 is 0 Å². The van der Waals surface area contributed by atoms with Crippen molar-refractivity contribution < 1.29 is 4.74 Å². The maximum atomic E-state index is 9.58. The second-order valence-electron chi connectivity index (χ2n) is 7.06. The molecule has 1 atom stereocenters. The van der Waals surface area contributed by atoms with Crippen LogP contribution in [0, 0.1) is 23.2 Å². The summed E-state index contributed by atoms with van der Waals surface area (Å²) in [6.07, 6.45) is 13.9. The second-order valence-corrected chi connectivity index (χ2v) is 7.06. The van der Waals surface area contributed by atoms with Gasteiger partial charge in [0.05, 0.1) is 12.2 Å². The van der Waals surface area contributed by atoms with E-state index in [1.807, 2.05) is 0 Å². The van der Waals surface area contributed by atoms with Gasteiger partial charge < -0.3 is 4.74 Å². The topological polar surface area (TPSA) is 33.0 Å². The number of rotatable bonds is 5. The highest BCUT2D eigenvalue weighted by atomic mass is 16.5. The predicted molar refractivity (Wildman–Crippen MR) is 82.3 cm³/mol. The van der Waals surface area contributed by atoms with Crippen molar-refractivity contribution in [2.24, 2.45) is 11.8 Å². The lowest BCUT2D eigenvalue weighted by Gasteiger charge is -2.40. The molecule has 0 spiro atoms. The van der Waals surface area contributed by atoms with Crippen molar-refractivity contribution >= 4 is 0 Å². The fourth-order valence-corrected chi connectivity index (χ4v) is 4.29. The Kier molecular flexibility index (Phi) is 5.90. The Hall–Kier alpha value is -0.550.